The van der Waals surface area contributed by atoms with E-state index in [1.54, 1.807) is 20.8 Å². The largest absolute Gasteiger partial charge is 0.466 e. The van der Waals surface area contributed by atoms with Crippen LogP contribution in [0.3, 0.4) is 0 Å². The van der Waals surface area contributed by atoms with E-state index in [1.165, 1.54) is 0 Å². The molecule has 0 heterocycles. The van der Waals surface area contributed by atoms with Crippen LogP contribution in [-0.4, -0.2) is 25.2 Å². The molecule has 3 unspecified atom stereocenters. The van der Waals surface area contributed by atoms with E-state index in [9.17, 15) is 9.59 Å². The van der Waals surface area contributed by atoms with E-state index in [0.29, 0.717) is 0 Å². The lowest BCUT2D eigenvalue weighted by atomic mass is 9.75. The molecule has 0 spiro atoms. The zero-order chi connectivity index (χ0) is 15.7. The summed E-state index contributed by atoms with van der Waals surface area (Å²) in [5.74, 6) is -2.38. The Labute approximate surface area is 121 Å². The van der Waals surface area contributed by atoms with Crippen molar-refractivity contribution >= 4 is 11.9 Å². The summed E-state index contributed by atoms with van der Waals surface area (Å²) in [6, 6.07) is 2.05. The molecule has 0 aliphatic rings. The van der Waals surface area contributed by atoms with Crippen LogP contribution in [0.15, 0.2) is 0 Å². The van der Waals surface area contributed by atoms with Crippen molar-refractivity contribution in [3.8, 4) is 6.07 Å². The van der Waals surface area contributed by atoms with Crippen LogP contribution in [0.25, 0.3) is 0 Å². The summed E-state index contributed by atoms with van der Waals surface area (Å²) in [4.78, 5) is 24.3. The molecule has 0 aromatic heterocycles. The number of nitriles is 1. The molecule has 0 amide bonds. The second-order valence-corrected chi connectivity index (χ2v) is 5.14. The summed E-state index contributed by atoms with van der Waals surface area (Å²) in [5.41, 5.74) is 0. The predicted octanol–water partition coefficient (Wildman–Crippen LogP) is 2.55. The van der Waals surface area contributed by atoms with Gasteiger partial charge in [0.05, 0.1) is 31.1 Å². The van der Waals surface area contributed by atoms with Crippen molar-refractivity contribution in [3.05, 3.63) is 0 Å². The van der Waals surface area contributed by atoms with Crippen LogP contribution in [-0.2, 0) is 19.1 Å². The van der Waals surface area contributed by atoms with Crippen LogP contribution in [0.1, 0.15) is 41.0 Å². The minimum atomic E-state index is -0.645. The average molecular weight is 283 g/mol. The van der Waals surface area contributed by atoms with Gasteiger partial charge in [0.15, 0.2) is 0 Å². The van der Waals surface area contributed by atoms with E-state index in [0.717, 1.165) is 0 Å². The van der Waals surface area contributed by atoms with Crippen molar-refractivity contribution < 1.29 is 19.1 Å². The molecule has 20 heavy (non-hydrogen) atoms. The Kier molecular flexibility index (Phi) is 8.62. The zero-order valence-corrected chi connectivity index (χ0v) is 13.0. The van der Waals surface area contributed by atoms with Crippen LogP contribution in [0.2, 0.25) is 0 Å². The van der Waals surface area contributed by atoms with Gasteiger partial charge in [-0.05, 0) is 25.7 Å². The second kappa shape index (κ2) is 9.35. The molecule has 0 aromatic carbocycles. The molecule has 0 bridgehead atoms. The summed E-state index contributed by atoms with van der Waals surface area (Å²) >= 11 is 0. The first-order valence-electron chi connectivity index (χ1n) is 7.10. The molecule has 5 nitrogen and oxygen atoms in total. The highest BCUT2D eigenvalue weighted by Gasteiger charge is 2.41. The molecule has 0 radical (unpaired) electrons. The Morgan fingerprint density at radius 1 is 1.00 bits per heavy atom. The quantitative estimate of drug-likeness (QED) is 0.640. The molecule has 0 N–H and O–H groups in total. The van der Waals surface area contributed by atoms with Crippen LogP contribution in [0.5, 0.6) is 0 Å². The third-order valence-corrected chi connectivity index (χ3v) is 3.25. The first-order chi connectivity index (χ1) is 9.40. The van der Waals surface area contributed by atoms with Gasteiger partial charge in [-0.15, -0.1) is 0 Å². The fraction of sp³-hybridized carbons (Fsp3) is 0.800. The van der Waals surface area contributed by atoms with Crippen LogP contribution < -0.4 is 0 Å². The summed E-state index contributed by atoms with van der Waals surface area (Å²) in [7, 11) is 0. The number of hydrogen-bond acceptors (Lipinski definition) is 5. The lowest BCUT2D eigenvalue weighted by Crippen LogP contribution is -2.39. The molecule has 0 saturated heterocycles. The van der Waals surface area contributed by atoms with Crippen molar-refractivity contribution in [1.82, 2.24) is 0 Å². The monoisotopic (exact) mass is 283 g/mol. The van der Waals surface area contributed by atoms with E-state index in [4.69, 9.17) is 14.7 Å². The number of carbonyl (C=O) groups is 2. The van der Waals surface area contributed by atoms with Crippen molar-refractivity contribution in [1.29, 1.82) is 5.26 Å². The van der Waals surface area contributed by atoms with Gasteiger partial charge in [0.2, 0.25) is 0 Å². The van der Waals surface area contributed by atoms with Crippen molar-refractivity contribution in [3.63, 3.8) is 0 Å². The molecule has 0 aliphatic heterocycles. The van der Waals surface area contributed by atoms with Gasteiger partial charge in [0, 0.05) is 6.42 Å². The summed E-state index contributed by atoms with van der Waals surface area (Å²) in [6.07, 6.45) is 0.201. The van der Waals surface area contributed by atoms with E-state index < -0.39 is 23.8 Å². The van der Waals surface area contributed by atoms with Gasteiger partial charge in [-0.25, -0.2) is 0 Å². The average Bonchev–Trinajstić information content (AvgIpc) is 2.35. The van der Waals surface area contributed by atoms with Crippen molar-refractivity contribution in [2.45, 2.75) is 41.0 Å². The highest BCUT2D eigenvalue weighted by atomic mass is 16.5. The van der Waals surface area contributed by atoms with Gasteiger partial charge in [0.1, 0.15) is 0 Å². The van der Waals surface area contributed by atoms with E-state index in [-0.39, 0.29) is 31.5 Å². The maximum atomic E-state index is 12.2. The molecule has 0 saturated carbocycles. The van der Waals surface area contributed by atoms with E-state index in [1.807, 2.05) is 19.9 Å². The molecule has 0 aliphatic carbocycles. The predicted molar refractivity (Wildman–Crippen MR) is 74.5 cm³/mol. The molecular weight excluding hydrogens is 258 g/mol. The van der Waals surface area contributed by atoms with Crippen molar-refractivity contribution in [2.24, 2.45) is 23.7 Å². The number of nitrogens with zero attached hydrogens (tertiary/aromatic N) is 1. The minimum Gasteiger partial charge on any atom is -0.466 e. The summed E-state index contributed by atoms with van der Waals surface area (Å²) in [6.45, 7) is 9.50. The third kappa shape index (κ3) is 5.20. The molecular formula is C15H25NO4. The zero-order valence-electron chi connectivity index (χ0n) is 13.0. The highest BCUT2D eigenvalue weighted by Crippen LogP contribution is 2.31. The SMILES string of the molecule is CCOC(=O)C(C(C)C)C(C(=O)OCC)C(C)CC#N. The molecule has 0 rings (SSSR count). The highest BCUT2D eigenvalue weighted by molar-refractivity contribution is 5.82. The van der Waals surface area contributed by atoms with Gasteiger partial charge < -0.3 is 9.47 Å². The summed E-state index contributed by atoms with van der Waals surface area (Å²) in [5, 5.41) is 8.84. The van der Waals surface area contributed by atoms with Crippen LogP contribution in [0, 0.1) is 35.0 Å². The molecule has 0 fully saturated rings. The number of rotatable bonds is 8. The lowest BCUT2D eigenvalue weighted by molar-refractivity contribution is -0.164. The second-order valence-electron chi connectivity index (χ2n) is 5.14. The van der Waals surface area contributed by atoms with Gasteiger partial charge in [-0.1, -0.05) is 20.8 Å². The van der Waals surface area contributed by atoms with Crippen molar-refractivity contribution in [2.75, 3.05) is 13.2 Å². The first-order valence-corrected chi connectivity index (χ1v) is 7.10. The number of ether oxygens (including phenoxy) is 2. The van der Waals surface area contributed by atoms with Crippen LogP contribution in [0.4, 0.5) is 0 Å². The van der Waals surface area contributed by atoms with Gasteiger partial charge in [-0.3, -0.25) is 9.59 Å². The van der Waals surface area contributed by atoms with Crippen LogP contribution >= 0.6 is 0 Å². The molecule has 3 atom stereocenters. The standard InChI is InChI=1S/C15H25NO4/c1-6-19-14(17)12(10(3)4)13(11(5)8-9-16)15(18)20-7-2/h10-13H,6-8H2,1-5H3. The fourth-order valence-corrected chi connectivity index (χ4v) is 2.31. The van der Waals surface area contributed by atoms with E-state index in [2.05, 4.69) is 0 Å². The van der Waals surface area contributed by atoms with Gasteiger partial charge in [0.25, 0.3) is 0 Å². The molecule has 114 valence electrons. The smallest absolute Gasteiger partial charge is 0.310 e. The molecule has 5 heteroatoms. The maximum absolute atomic E-state index is 12.2. The normalized spacial score (nSPS) is 15.1. The topological polar surface area (TPSA) is 76.4 Å². The Morgan fingerprint density at radius 3 is 1.80 bits per heavy atom. The lowest BCUT2D eigenvalue weighted by Gasteiger charge is -2.30. The van der Waals surface area contributed by atoms with E-state index >= 15 is 0 Å². The fourth-order valence-electron chi connectivity index (χ4n) is 2.31. The minimum absolute atomic E-state index is 0.0652. The Hall–Kier alpha value is -1.57. The Bertz CT molecular complexity index is 359. The van der Waals surface area contributed by atoms with Gasteiger partial charge in [-0.2, -0.15) is 5.26 Å². The maximum Gasteiger partial charge on any atom is 0.310 e. The summed E-state index contributed by atoms with van der Waals surface area (Å²) < 4.78 is 10.1. The number of carbonyl (C=O) groups excluding carboxylic acids is 2. The number of hydrogen-bond donors (Lipinski definition) is 0. The third-order valence-electron chi connectivity index (χ3n) is 3.25. The Balaban J connectivity index is 5.36. The molecule has 0 aromatic rings. The van der Waals surface area contributed by atoms with Gasteiger partial charge >= 0.3 is 11.9 Å². The first kappa shape index (κ1) is 18.4. The number of esters is 2. The Morgan fingerprint density at radius 2 is 1.45 bits per heavy atom.